The first-order chi connectivity index (χ1) is 18.2. The van der Waals surface area contributed by atoms with Gasteiger partial charge in [-0.1, -0.05) is 42.4 Å². The van der Waals surface area contributed by atoms with Crippen molar-refractivity contribution >= 4 is 35.7 Å². The van der Waals surface area contributed by atoms with Crippen LogP contribution in [0, 0.1) is 24.7 Å². The van der Waals surface area contributed by atoms with E-state index in [1.54, 1.807) is 18.2 Å². The summed E-state index contributed by atoms with van der Waals surface area (Å²) in [6.07, 6.45) is 5.28. The summed E-state index contributed by atoms with van der Waals surface area (Å²) >= 11 is 6.85. The highest BCUT2D eigenvalue weighted by molar-refractivity contribution is 6.35. The number of halogens is 1. The molecular formula is C29H32ClN5O3. The van der Waals surface area contributed by atoms with Gasteiger partial charge >= 0.3 is 0 Å². The monoisotopic (exact) mass is 533 g/mol. The zero-order chi connectivity index (χ0) is 27.8. The molecule has 4 N–H and O–H groups in total. The SMILES string of the molecule is C=CC(=O)N1CC2(CC(n3nc(-c4ccc(C=O)cc4)c(-c4c(Cl)c(C)cc(N)c4C=N)c3C)C2)C1.CO. The average molecular weight is 534 g/mol. The lowest BCUT2D eigenvalue weighted by Gasteiger charge is -2.58. The van der Waals surface area contributed by atoms with Crippen molar-refractivity contribution in [1.29, 1.82) is 5.41 Å². The molecule has 3 aromatic rings. The molecule has 2 aromatic carbocycles. The Morgan fingerprint density at radius 2 is 1.84 bits per heavy atom. The van der Waals surface area contributed by atoms with Crippen LogP contribution in [0.5, 0.6) is 0 Å². The number of anilines is 1. The van der Waals surface area contributed by atoms with E-state index in [9.17, 15) is 9.59 Å². The van der Waals surface area contributed by atoms with E-state index in [1.807, 2.05) is 30.9 Å². The minimum atomic E-state index is -0.0199. The van der Waals surface area contributed by atoms with Crippen molar-refractivity contribution in [1.82, 2.24) is 14.7 Å². The number of carbonyl (C=O) groups is 2. The molecule has 1 saturated heterocycles. The summed E-state index contributed by atoms with van der Waals surface area (Å²) in [5, 5.41) is 20.7. The van der Waals surface area contributed by atoms with Crippen molar-refractivity contribution in [2.24, 2.45) is 5.41 Å². The lowest BCUT2D eigenvalue weighted by atomic mass is 9.60. The summed E-state index contributed by atoms with van der Waals surface area (Å²) in [4.78, 5) is 25.0. The molecule has 1 aromatic heterocycles. The standard InChI is InChI=1S/C28H28ClN5O2.CH4O/c1-4-23(36)33-14-28(15-33)10-20(11-28)34-17(3)24(25-21(12-30)22(31)9-16(2)26(25)29)27(32-34)19-7-5-18(13-35)6-8-19;1-2/h4-9,12-13,20,30H,1,10-11,14-15,31H2,2-3H3;2H,1H3. The molecule has 2 heterocycles. The van der Waals surface area contributed by atoms with Gasteiger partial charge in [-0.05, 0) is 44.4 Å². The molecule has 2 aliphatic rings. The van der Waals surface area contributed by atoms with Crippen LogP contribution < -0.4 is 5.73 Å². The molecule has 0 bridgehead atoms. The number of benzene rings is 2. The Kier molecular flexibility index (Phi) is 7.58. The highest BCUT2D eigenvalue weighted by atomic mass is 35.5. The van der Waals surface area contributed by atoms with Crippen molar-refractivity contribution in [3.63, 3.8) is 0 Å². The van der Waals surface area contributed by atoms with Gasteiger partial charge in [0, 0.05) is 71.0 Å². The van der Waals surface area contributed by atoms with Crippen LogP contribution in [0.1, 0.15) is 46.1 Å². The van der Waals surface area contributed by atoms with Crippen molar-refractivity contribution in [2.45, 2.75) is 32.7 Å². The summed E-state index contributed by atoms with van der Waals surface area (Å²) in [6, 6.07) is 9.27. The van der Waals surface area contributed by atoms with Crippen molar-refractivity contribution < 1.29 is 14.7 Å². The first-order valence-corrected chi connectivity index (χ1v) is 12.7. The molecule has 9 heteroatoms. The second-order valence-corrected chi connectivity index (χ2v) is 10.4. The number of aliphatic hydroxyl groups is 1. The highest BCUT2D eigenvalue weighted by Gasteiger charge is 2.54. The van der Waals surface area contributed by atoms with E-state index in [1.165, 1.54) is 12.3 Å². The largest absolute Gasteiger partial charge is 0.400 e. The van der Waals surface area contributed by atoms with E-state index < -0.39 is 0 Å². The number of aliphatic hydroxyl groups excluding tert-OH is 1. The molecular weight excluding hydrogens is 502 g/mol. The van der Waals surface area contributed by atoms with Crippen molar-refractivity contribution in [2.75, 3.05) is 25.9 Å². The molecule has 1 aliphatic carbocycles. The van der Waals surface area contributed by atoms with Gasteiger partial charge in [-0.3, -0.25) is 14.3 Å². The van der Waals surface area contributed by atoms with Gasteiger partial charge in [0.15, 0.2) is 0 Å². The number of aryl methyl sites for hydroxylation is 1. The Morgan fingerprint density at radius 1 is 1.21 bits per heavy atom. The summed E-state index contributed by atoms with van der Waals surface area (Å²) in [6.45, 7) is 9.00. The number of nitrogens with one attached hydrogen (secondary N) is 1. The fraction of sp³-hybridized carbons (Fsp3) is 0.310. The lowest BCUT2D eigenvalue weighted by Crippen LogP contribution is -2.63. The van der Waals surface area contributed by atoms with E-state index in [4.69, 9.17) is 32.9 Å². The maximum Gasteiger partial charge on any atom is 0.245 e. The number of rotatable bonds is 6. The first kappa shape index (κ1) is 27.3. The summed E-state index contributed by atoms with van der Waals surface area (Å²) in [5.74, 6) is -0.0199. The Bertz CT molecular complexity index is 1410. The van der Waals surface area contributed by atoms with E-state index >= 15 is 0 Å². The van der Waals surface area contributed by atoms with Gasteiger partial charge in [0.1, 0.15) is 12.0 Å². The molecule has 5 rings (SSSR count). The quantitative estimate of drug-likeness (QED) is 0.181. The topological polar surface area (TPSA) is 125 Å². The minimum absolute atomic E-state index is 0.0199. The number of carbonyl (C=O) groups excluding carboxylic acids is 2. The number of aromatic nitrogens is 2. The maximum atomic E-state index is 11.9. The highest BCUT2D eigenvalue weighted by Crippen LogP contribution is 2.55. The smallest absolute Gasteiger partial charge is 0.245 e. The molecule has 2 fully saturated rings. The van der Waals surface area contributed by atoms with E-state index in [0.29, 0.717) is 27.4 Å². The number of hydrogen-bond acceptors (Lipinski definition) is 6. The molecule has 0 unspecified atom stereocenters. The van der Waals surface area contributed by atoms with Gasteiger partial charge in [0.25, 0.3) is 0 Å². The molecule has 38 heavy (non-hydrogen) atoms. The van der Waals surface area contributed by atoms with Crippen LogP contribution in [-0.4, -0.2) is 58.4 Å². The Balaban J connectivity index is 0.00000164. The van der Waals surface area contributed by atoms with Crippen LogP contribution in [0.25, 0.3) is 22.4 Å². The van der Waals surface area contributed by atoms with Crippen LogP contribution >= 0.6 is 11.6 Å². The van der Waals surface area contributed by atoms with Crippen LogP contribution in [0.15, 0.2) is 43.0 Å². The Morgan fingerprint density at radius 3 is 2.39 bits per heavy atom. The van der Waals surface area contributed by atoms with E-state index in [2.05, 4.69) is 11.3 Å². The normalized spacial score (nSPS) is 15.7. The Hall–Kier alpha value is -3.75. The number of nitrogen functional groups attached to an aromatic ring is 1. The summed E-state index contributed by atoms with van der Waals surface area (Å²) in [5.41, 5.74) is 13.0. The first-order valence-electron chi connectivity index (χ1n) is 12.3. The molecule has 1 saturated carbocycles. The number of likely N-dealkylation sites (tertiary alicyclic amines) is 1. The third-order valence-electron chi connectivity index (χ3n) is 7.60. The predicted molar refractivity (Wildman–Crippen MR) is 151 cm³/mol. The average Bonchev–Trinajstić information content (AvgIpc) is 3.21. The summed E-state index contributed by atoms with van der Waals surface area (Å²) in [7, 11) is 1.00. The van der Waals surface area contributed by atoms with Crippen molar-refractivity contribution in [3.05, 3.63) is 70.4 Å². The lowest BCUT2D eigenvalue weighted by molar-refractivity contribution is -0.149. The number of hydrogen-bond donors (Lipinski definition) is 3. The molecule has 1 aliphatic heterocycles. The number of nitrogens with zero attached hydrogens (tertiary/aromatic N) is 3. The van der Waals surface area contributed by atoms with E-state index in [-0.39, 0.29) is 17.4 Å². The van der Waals surface area contributed by atoms with Gasteiger partial charge < -0.3 is 21.1 Å². The molecule has 0 atom stereocenters. The van der Waals surface area contributed by atoms with Crippen molar-refractivity contribution in [3.8, 4) is 22.4 Å². The second-order valence-electron chi connectivity index (χ2n) is 9.98. The maximum absolute atomic E-state index is 11.9. The zero-order valence-corrected chi connectivity index (χ0v) is 22.5. The van der Waals surface area contributed by atoms with E-state index in [0.717, 1.165) is 67.4 Å². The van der Waals surface area contributed by atoms with Gasteiger partial charge in [0.05, 0.1) is 11.1 Å². The minimum Gasteiger partial charge on any atom is -0.400 e. The number of aldehydes is 1. The fourth-order valence-corrected chi connectivity index (χ4v) is 6.00. The predicted octanol–water partition coefficient (Wildman–Crippen LogP) is 4.84. The van der Waals surface area contributed by atoms with Crippen LogP contribution in [0.3, 0.4) is 0 Å². The molecule has 1 spiro atoms. The third kappa shape index (κ3) is 4.44. The van der Waals surface area contributed by atoms with Crippen LogP contribution in [0.4, 0.5) is 5.69 Å². The molecule has 1 amide bonds. The Labute approximate surface area is 227 Å². The number of nitrogens with two attached hydrogens (primary N) is 1. The van der Waals surface area contributed by atoms with Gasteiger partial charge in [-0.2, -0.15) is 5.10 Å². The van der Waals surface area contributed by atoms with Crippen LogP contribution in [-0.2, 0) is 4.79 Å². The second kappa shape index (κ2) is 10.6. The zero-order valence-electron chi connectivity index (χ0n) is 21.8. The molecule has 198 valence electrons. The third-order valence-corrected chi connectivity index (χ3v) is 8.09. The fourth-order valence-electron chi connectivity index (χ4n) is 5.75. The molecule has 0 radical (unpaired) electrons. The van der Waals surface area contributed by atoms with Gasteiger partial charge in [0.2, 0.25) is 5.91 Å². The summed E-state index contributed by atoms with van der Waals surface area (Å²) < 4.78 is 2.06. The van der Waals surface area contributed by atoms with Gasteiger partial charge in [-0.25, -0.2) is 0 Å². The number of amides is 1. The van der Waals surface area contributed by atoms with Gasteiger partial charge in [-0.15, -0.1) is 0 Å². The molecule has 8 nitrogen and oxygen atoms in total. The van der Waals surface area contributed by atoms with Crippen LogP contribution in [0.2, 0.25) is 5.02 Å².